The fourth-order valence-electron chi connectivity index (χ4n) is 1.93. The first-order valence-corrected chi connectivity index (χ1v) is 6.59. The SMILES string of the molecule is C=CC(C)(CNC(C)C)Cc1ccc(OC)c(F)c1. The lowest BCUT2D eigenvalue weighted by Gasteiger charge is -2.27. The number of benzene rings is 1. The summed E-state index contributed by atoms with van der Waals surface area (Å²) in [6, 6.07) is 5.53. The van der Waals surface area contributed by atoms with Gasteiger partial charge < -0.3 is 10.1 Å². The highest BCUT2D eigenvalue weighted by atomic mass is 19.1. The third-order valence-electron chi connectivity index (χ3n) is 3.23. The molecule has 0 aliphatic carbocycles. The first-order chi connectivity index (χ1) is 8.90. The summed E-state index contributed by atoms with van der Waals surface area (Å²) in [5, 5.41) is 3.40. The van der Waals surface area contributed by atoms with E-state index in [1.807, 2.05) is 12.1 Å². The Balaban J connectivity index is 2.80. The lowest BCUT2D eigenvalue weighted by atomic mass is 9.83. The molecule has 1 aromatic rings. The molecule has 0 amide bonds. The van der Waals surface area contributed by atoms with E-state index in [2.05, 4.69) is 32.7 Å². The highest BCUT2D eigenvalue weighted by molar-refractivity contribution is 5.30. The summed E-state index contributed by atoms with van der Waals surface area (Å²) >= 11 is 0. The van der Waals surface area contributed by atoms with Crippen molar-refractivity contribution in [3.05, 3.63) is 42.2 Å². The summed E-state index contributed by atoms with van der Waals surface area (Å²) in [4.78, 5) is 0. The maximum absolute atomic E-state index is 13.7. The normalized spacial score (nSPS) is 14.2. The van der Waals surface area contributed by atoms with E-state index in [0.29, 0.717) is 6.04 Å². The van der Waals surface area contributed by atoms with Gasteiger partial charge in [0.05, 0.1) is 7.11 Å². The third-order valence-corrected chi connectivity index (χ3v) is 3.23. The van der Waals surface area contributed by atoms with Gasteiger partial charge in [-0.1, -0.05) is 32.9 Å². The lowest BCUT2D eigenvalue weighted by Crippen LogP contribution is -2.35. The summed E-state index contributed by atoms with van der Waals surface area (Å²) < 4.78 is 18.6. The van der Waals surface area contributed by atoms with Crippen molar-refractivity contribution in [1.82, 2.24) is 5.32 Å². The number of ether oxygens (including phenoxy) is 1. The van der Waals surface area contributed by atoms with Crippen LogP contribution in [0, 0.1) is 11.2 Å². The molecule has 0 bridgehead atoms. The average molecular weight is 265 g/mol. The number of methoxy groups -OCH3 is 1. The minimum atomic E-state index is -0.316. The van der Waals surface area contributed by atoms with E-state index in [1.54, 1.807) is 6.07 Å². The molecule has 1 atom stereocenters. The molecular weight excluding hydrogens is 241 g/mol. The first-order valence-electron chi connectivity index (χ1n) is 6.59. The van der Waals surface area contributed by atoms with Gasteiger partial charge in [-0.25, -0.2) is 4.39 Å². The van der Waals surface area contributed by atoms with Gasteiger partial charge in [0.25, 0.3) is 0 Å². The fraction of sp³-hybridized carbons (Fsp3) is 0.500. The van der Waals surface area contributed by atoms with Gasteiger partial charge in [0.2, 0.25) is 0 Å². The Labute approximate surface area is 115 Å². The molecule has 0 saturated heterocycles. The van der Waals surface area contributed by atoms with Crippen molar-refractivity contribution in [3.8, 4) is 5.75 Å². The van der Waals surface area contributed by atoms with Crippen molar-refractivity contribution >= 4 is 0 Å². The second-order valence-corrected chi connectivity index (χ2v) is 5.54. The van der Waals surface area contributed by atoms with Crippen molar-refractivity contribution in [1.29, 1.82) is 0 Å². The van der Waals surface area contributed by atoms with Crippen LogP contribution < -0.4 is 10.1 Å². The van der Waals surface area contributed by atoms with Crippen molar-refractivity contribution in [2.24, 2.45) is 5.41 Å². The van der Waals surface area contributed by atoms with Crippen LogP contribution in [0.3, 0.4) is 0 Å². The minimum Gasteiger partial charge on any atom is -0.494 e. The smallest absolute Gasteiger partial charge is 0.165 e. The monoisotopic (exact) mass is 265 g/mol. The zero-order valence-corrected chi connectivity index (χ0v) is 12.3. The highest BCUT2D eigenvalue weighted by Gasteiger charge is 2.21. The quantitative estimate of drug-likeness (QED) is 0.761. The number of halogens is 1. The standard InChI is InChI=1S/C16H24FNO/c1-6-16(4,11-18-12(2)3)10-13-7-8-15(19-5)14(17)9-13/h6-9,12,18H,1,10-11H2,2-5H3. The van der Waals surface area contributed by atoms with E-state index in [0.717, 1.165) is 18.5 Å². The van der Waals surface area contributed by atoms with E-state index >= 15 is 0 Å². The summed E-state index contributed by atoms with van der Waals surface area (Å²) in [6.45, 7) is 11.1. The molecule has 1 aromatic carbocycles. The molecule has 106 valence electrons. The molecule has 0 heterocycles. The van der Waals surface area contributed by atoms with Gasteiger partial charge >= 0.3 is 0 Å². The van der Waals surface area contributed by atoms with Crippen LogP contribution in [0.4, 0.5) is 4.39 Å². The molecule has 0 aliphatic rings. The number of rotatable bonds is 7. The van der Waals surface area contributed by atoms with Crippen LogP contribution in [0.25, 0.3) is 0 Å². The van der Waals surface area contributed by atoms with Crippen molar-refractivity contribution in [3.63, 3.8) is 0 Å². The van der Waals surface area contributed by atoms with Crippen molar-refractivity contribution < 1.29 is 9.13 Å². The summed E-state index contributed by atoms with van der Waals surface area (Å²) in [7, 11) is 1.47. The summed E-state index contributed by atoms with van der Waals surface area (Å²) in [5.41, 5.74) is 0.858. The Morgan fingerprint density at radius 3 is 2.63 bits per heavy atom. The number of hydrogen-bond donors (Lipinski definition) is 1. The van der Waals surface area contributed by atoms with Gasteiger partial charge in [-0.15, -0.1) is 6.58 Å². The molecular formula is C16H24FNO. The van der Waals surface area contributed by atoms with Gasteiger partial charge in [0, 0.05) is 18.0 Å². The van der Waals surface area contributed by atoms with Gasteiger partial charge in [0.15, 0.2) is 11.6 Å². The van der Waals surface area contributed by atoms with E-state index in [1.165, 1.54) is 13.2 Å². The predicted molar refractivity (Wildman–Crippen MR) is 78.1 cm³/mol. The molecule has 1 unspecified atom stereocenters. The van der Waals surface area contributed by atoms with Gasteiger partial charge in [-0.3, -0.25) is 0 Å². The molecule has 3 heteroatoms. The zero-order valence-electron chi connectivity index (χ0n) is 12.3. The van der Waals surface area contributed by atoms with Crippen LogP contribution in [0.5, 0.6) is 5.75 Å². The fourth-order valence-corrected chi connectivity index (χ4v) is 1.93. The maximum Gasteiger partial charge on any atom is 0.165 e. The van der Waals surface area contributed by atoms with Crippen LogP contribution in [-0.2, 0) is 6.42 Å². The number of nitrogens with one attached hydrogen (secondary N) is 1. The molecule has 19 heavy (non-hydrogen) atoms. The Morgan fingerprint density at radius 2 is 2.16 bits per heavy atom. The lowest BCUT2D eigenvalue weighted by molar-refractivity contribution is 0.369. The average Bonchev–Trinajstić information content (AvgIpc) is 2.37. The molecule has 0 spiro atoms. The first kappa shape index (κ1) is 15.7. The van der Waals surface area contributed by atoms with Crippen LogP contribution in [0.15, 0.2) is 30.9 Å². The molecule has 0 aliphatic heterocycles. The second kappa shape index (κ2) is 6.71. The van der Waals surface area contributed by atoms with Gasteiger partial charge in [0.1, 0.15) is 0 Å². The molecule has 0 aromatic heterocycles. The summed E-state index contributed by atoms with van der Waals surface area (Å²) in [6.07, 6.45) is 2.68. The van der Waals surface area contributed by atoms with Crippen LogP contribution in [0.1, 0.15) is 26.3 Å². The minimum absolute atomic E-state index is 0.0920. The largest absolute Gasteiger partial charge is 0.494 e. The topological polar surface area (TPSA) is 21.3 Å². The summed E-state index contributed by atoms with van der Waals surface area (Å²) in [5.74, 6) is -0.0346. The predicted octanol–water partition coefficient (Wildman–Crippen LogP) is 3.57. The van der Waals surface area contributed by atoms with E-state index in [9.17, 15) is 4.39 Å². The molecule has 0 radical (unpaired) electrons. The Kier molecular flexibility index (Phi) is 5.55. The Bertz CT molecular complexity index is 431. The maximum atomic E-state index is 13.7. The molecule has 2 nitrogen and oxygen atoms in total. The van der Waals surface area contributed by atoms with E-state index < -0.39 is 0 Å². The highest BCUT2D eigenvalue weighted by Crippen LogP contribution is 2.26. The Morgan fingerprint density at radius 1 is 1.47 bits per heavy atom. The van der Waals surface area contributed by atoms with Crippen LogP contribution >= 0.6 is 0 Å². The molecule has 0 fully saturated rings. The molecule has 1 N–H and O–H groups in total. The second-order valence-electron chi connectivity index (χ2n) is 5.54. The van der Waals surface area contributed by atoms with Crippen LogP contribution in [0.2, 0.25) is 0 Å². The zero-order chi connectivity index (χ0) is 14.5. The third kappa shape index (κ3) is 4.67. The Hall–Kier alpha value is -1.35. The van der Waals surface area contributed by atoms with Gasteiger partial charge in [-0.05, 0) is 24.1 Å². The van der Waals surface area contributed by atoms with Crippen LogP contribution in [-0.4, -0.2) is 19.7 Å². The van der Waals surface area contributed by atoms with Crippen molar-refractivity contribution in [2.45, 2.75) is 33.2 Å². The van der Waals surface area contributed by atoms with E-state index in [-0.39, 0.29) is 17.0 Å². The van der Waals surface area contributed by atoms with E-state index in [4.69, 9.17) is 4.74 Å². The van der Waals surface area contributed by atoms with Crippen molar-refractivity contribution in [2.75, 3.05) is 13.7 Å². The number of hydrogen-bond acceptors (Lipinski definition) is 2. The van der Waals surface area contributed by atoms with Gasteiger partial charge in [-0.2, -0.15) is 0 Å². The molecule has 1 rings (SSSR count). The molecule has 0 saturated carbocycles.